The van der Waals surface area contributed by atoms with Crippen molar-refractivity contribution in [1.82, 2.24) is 4.98 Å². The van der Waals surface area contributed by atoms with Crippen molar-refractivity contribution < 1.29 is 14.1 Å². The van der Waals surface area contributed by atoms with Gasteiger partial charge in [0.25, 0.3) is 5.91 Å². The highest BCUT2D eigenvalue weighted by atomic mass is 79.9. The topological polar surface area (TPSA) is 85.1 Å². The van der Waals surface area contributed by atoms with E-state index in [9.17, 15) is 19.3 Å². The number of nitro groups is 1. The third kappa shape index (κ3) is 3.53. The predicted molar refractivity (Wildman–Crippen MR) is 78.0 cm³/mol. The molecular weight excluding hydrogens is 369 g/mol. The lowest BCUT2D eigenvalue weighted by Gasteiger charge is -2.07. The number of hydrogen-bond donors (Lipinski definition) is 1. The van der Waals surface area contributed by atoms with Crippen molar-refractivity contribution in [3.8, 4) is 0 Å². The highest BCUT2D eigenvalue weighted by Crippen LogP contribution is 2.23. The molecule has 1 aromatic carbocycles. The molecule has 0 aliphatic heterocycles. The van der Waals surface area contributed by atoms with Crippen LogP contribution in [-0.4, -0.2) is 15.8 Å². The molecule has 2 aromatic rings. The molecule has 0 aliphatic carbocycles. The molecule has 0 radical (unpaired) electrons. The van der Waals surface area contributed by atoms with Crippen molar-refractivity contribution in [2.45, 2.75) is 0 Å². The molecule has 0 spiro atoms. The maximum Gasteiger partial charge on any atom is 0.304 e. The summed E-state index contributed by atoms with van der Waals surface area (Å²) in [5.41, 5.74) is -0.515. The Labute approximate surface area is 131 Å². The van der Waals surface area contributed by atoms with Crippen molar-refractivity contribution in [1.29, 1.82) is 0 Å². The number of halogens is 3. The van der Waals surface area contributed by atoms with Crippen LogP contribution in [0.3, 0.4) is 0 Å². The fourth-order valence-electron chi connectivity index (χ4n) is 1.51. The average Bonchev–Trinajstić information content (AvgIpc) is 2.41. The maximum absolute atomic E-state index is 13.5. The SMILES string of the molecule is O=C(Nc1ccc([N+](=O)[O-])c(F)c1)c1cc(Br)cnc1Cl. The van der Waals surface area contributed by atoms with Crippen molar-refractivity contribution in [2.75, 3.05) is 5.32 Å². The third-order valence-corrected chi connectivity index (χ3v) is 3.19. The van der Waals surface area contributed by atoms with Gasteiger partial charge in [-0.1, -0.05) is 11.6 Å². The fourth-order valence-corrected chi connectivity index (χ4v) is 2.03. The Morgan fingerprint density at radius 2 is 2.14 bits per heavy atom. The van der Waals surface area contributed by atoms with Crippen LogP contribution < -0.4 is 5.32 Å². The normalized spacial score (nSPS) is 10.2. The first-order valence-corrected chi connectivity index (χ1v) is 6.62. The van der Waals surface area contributed by atoms with E-state index in [1.807, 2.05) is 0 Å². The third-order valence-electron chi connectivity index (χ3n) is 2.45. The van der Waals surface area contributed by atoms with Crippen molar-refractivity contribution in [2.24, 2.45) is 0 Å². The number of carbonyl (C=O) groups is 1. The van der Waals surface area contributed by atoms with E-state index in [0.717, 1.165) is 12.1 Å². The molecule has 9 heteroatoms. The van der Waals surface area contributed by atoms with Gasteiger partial charge in [0.15, 0.2) is 0 Å². The van der Waals surface area contributed by atoms with Crippen LogP contribution >= 0.6 is 27.5 Å². The van der Waals surface area contributed by atoms with Crippen LogP contribution in [0.5, 0.6) is 0 Å². The summed E-state index contributed by atoms with van der Waals surface area (Å²) < 4.78 is 14.0. The first kappa shape index (κ1) is 15.3. The summed E-state index contributed by atoms with van der Waals surface area (Å²) >= 11 is 8.95. The van der Waals surface area contributed by atoms with Gasteiger partial charge in [0.2, 0.25) is 5.82 Å². The van der Waals surface area contributed by atoms with Crippen LogP contribution in [0, 0.1) is 15.9 Å². The van der Waals surface area contributed by atoms with Crippen LogP contribution in [0.15, 0.2) is 34.9 Å². The van der Waals surface area contributed by atoms with Gasteiger partial charge in [-0.25, -0.2) is 4.98 Å². The number of carbonyl (C=O) groups excluding carboxylic acids is 1. The number of nitrogens with one attached hydrogen (secondary N) is 1. The number of anilines is 1. The van der Waals surface area contributed by atoms with Gasteiger partial charge in [0.05, 0.1) is 10.5 Å². The summed E-state index contributed by atoms with van der Waals surface area (Å²) in [5.74, 6) is -1.65. The number of rotatable bonds is 3. The Kier molecular flexibility index (Phi) is 4.49. The molecule has 0 unspecified atom stereocenters. The second-order valence-corrected chi connectivity index (χ2v) is 5.14. The molecule has 1 amide bonds. The smallest absolute Gasteiger partial charge is 0.304 e. The van der Waals surface area contributed by atoms with E-state index in [1.54, 1.807) is 0 Å². The number of nitrogens with zero attached hydrogens (tertiary/aromatic N) is 2. The highest BCUT2D eigenvalue weighted by Gasteiger charge is 2.16. The standard InChI is InChI=1S/C12H6BrClFN3O3/c13-6-3-8(11(14)16-5-6)12(19)17-7-1-2-10(18(20)21)9(15)4-7/h1-5H,(H,17,19). The summed E-state index contributed by atoms with van der Waals surface area (Å²) in [6.07, 6.45) is 1.42. The molecule has 1 aromatic heterocycles. The monoisotopic (exact) mass is 373 g/mol. The number of nitro benzene ring substituents is 1. The number of benzene rings is 1. The van der Waals surface area contributed by atoms with Crippen molar-refractivity contribution >= 4 is 44.8 Å². The minimum atomic E-state index is -1.05. The zero-order chi connectivity index (χ0) is 15.6. The molecule has 0 fully saturated rings. The lowest BCUT2D eigenvalue weighted by atomic mass is 10.2. The van der Waals surface area contributed by atoms with Gasteiger partial charge < -0.3 is 5.32 Å². The average molecular weight is 375 g/mol. The molecule has 0 atom stereocenters. The van der Waals surface area contributed by atoms with E-state index in [-0.39, 0.29) is 16.4 Å². The van der Waals surface area contributed by atoms with Crippen LogP contribution in [0.25, 0.3) is 0 Å². The van der Waals surface area contributed by atoms with E-state index in [4.69, 9.17) is 11.6 Å². The summed E-state index contributed by atoms with van der Waals surface area (Å²) in [6, 6.07) is 4.49. The van der Waals surface area contributed by atoms with E-state index < -0.39 is 22.3 Å². The van der Waals surface area contributed by atoms with Gasteiger partial charge in [-0.05, 0) is 28.1 Å². The van der Waals surface area contributed by atoms with Gasteiger partial charge >= 0.3 is 5.69 Å². The zero-order valence-electron chi connectivity index (χ0n) is 10.1. The van der Waals surface area contributed by atoms with Crippen molar-refractivity contribution in [3.63, 3.8) is 0 Å². The summed E-state index contributed by atoms with van der Waals surface area (Å²) in [6.45, 7) is 0. The van der Waals surface area contributed by atoms with Crippen LogP contribution in [0.1, 0.15) is 10.4 Å². The van der Waals surface area contributed by atoms with E-state index in [1.165, 1.54) is 18.3 Å². The lowest BCUT2D eigenvalue weighted by Crippen LogP contribution is -2.13. The van der Waals surface area contributed by atoms with Crippen LogP contribution in [-0.2, 0) is 0 Å². The first-order valence-electron chi connectivity index (χ1n) is 5.45. The second kappa shape index (κ2) is 6.15. The van der Waals surface area contributed by atoms with E-state index in [2.05, 4.69) is 26.2 Å². The number of amides is 1. The number of pyridine rings is 1. The molecule has 6 nitrogen and oxygen atoms in total. The summed E-state index contributed by atoms with van der Waals surface area (Å²) in [5, 5.41) is 12.9. The zero-order valence-corrected chi connectivity index (χ0v) is 12.5. The highest BCUT2D eigenvalue weighted by molar-refractivity contribution is 9.10. The number of hydrogen-bond acceptors (Lipinski definition) is 4. The second-order valence-electron chi connectivity index (χ2n) is 3.87. The molecule has 0 saturated heterocycles. The van der Waals surface area contributed by atoms with Crippen molar-refractivity contribution in [3.05, 3.63) is 61.6 Å². The molecule has 1 heterocycles. The fraction of sp³-hybridized carbons (Fsp3) is 0. The molecule has 0 aliphatic rings. The Hall–Kier alpha value is -2.06. The lowest BCUT2D eigenvalue weighted by molar-refractivity contribution is -0.387. The number of aromatic nitrogens is 1. The summed E-state index contributed by atoms with van der Waals surface area (Å²) in [4.78, 5) is 25.5. The molecular formula is C12H6BrClFN3O3. The minimum Gasteiger partial charge on any atom is -0.322 e. The Morgan fingerprint density at radius 3 is 2.76 bits per heavy atom. The van der Waals surface area contributed by atoms with Gasteiger partial charge in [-0.15, -0.1) is 0 Å². The predicted octanol–water partition coefficient (Wildman–Crippen LogP) is 3.80. The Balaban J connectivity index is 2.26. The minimum absolute atomic E-state index is 0.0157. The van der Waals surface area contributed by atoms with Gasteiger partial charge in [-0.3, -0.25) is 14.9 Å². The van der Waals surface area contributed by atoms with E-state index >= 15 is 0 Å². The van der Waals surface area contributed by atoms with Crippen LogP contribution in [0.4, 0.5) is 15.8 Å². The largest absolute Gasteiger partial charge is 0.322 e. The maximum atomic E-state index is 13.5. The molecule has 0 bridgehead atoms. The Bertz CT molecular complexity index is 742. The molecule has 2 rings (SSSR count). The first-order chi connectivity index (χ1) is 9.88. The van der Waals surface area contributed by atoms with Gasteiger partial charge in [0, 0.05) is 28.5 Å². The Morgan fingerprint density at radius 1 is 1.43 bits per heavy atom. The quantitative estimate of drug-likeness (QED) is 0.503. The van der Waals surface area contributed by atoms with E-state index in [0.29, 0.717) is 4.47 Å². The van der Waals surface area contributed by atoms with Gasteiger partial charge in [-0.2, -0.15) is 4.39 Å². The molecule has 108 valence electrons. The van der Waals surface area contributed by atoms with Crippen LogP contribution in [0.2, 0.25) is 5.15 Å². The molecule has 1 N–H and O–H groups in total. The molecule has 0 saturated carbocycles. The summed E-state index contributed by atoms with van der Waals surface area (Å²) in [7, 11) is 0. The van der Waals surface area contributed by atoms with Gasteiger partial charge in [0.1, 0.15) is 5.15 Å². The molecule has 21 heavy (non-hydrogen) atoms.